The van der Waals surface area contributed by atoms with Gasteiger partial charge in [-0.25, -0.2) is 4.68 Å². The highest BCUT2D eigenvalue weighted by Crippen LogP contribution is 2.31. The highest BCUT2D eigenvalue weighted by atomic mass is 32.1. The lowest BCUT2D eigenvalue weighted by molar-refractivity contribution is 0.413. The number of aromatic nitrogens is 6. The van der Waals surface area contributed by atoms with Crippen LogP contribution in [-0.4, -0.2) is 84.9 Å². The van der Waals surface area contributed by atoms with Crippen molar-refractivity contribution in [3.05, 3.63) is 112 Å². The monoisotopic (exact) mass is 794 g/mol. The quantitative estimate of drug-likeness (QED) is 0.137. The van der Waals surface area contributed by atoms with Gasteiger partial charge in [-0.05, 0) is 73.5 Å². The fourth-order valence-corrected chi connectivity index (χ4v) is 7.53. The number of aryl methyl sites for hydroxylation is 2. The van der Waals surface area contributed by atoms with Crippen LogP contribution in [0.2, 0.25) is 0 Å². The predicted octanol–water partition coefficient (Wildman–Crippen LogP) is 7.76. The van der Waals surface area contributed by atoms with Gasteiger partial charge in [-0.3, -0.25) is 4.99 Å². The molecule has 1 aliphatic rings. The van der Waals surface area contributed by atoms with Gasteiger partial charge in [0.05, 0.1) is 66.1 Å². The van der Waals surface area contributed by atoms with E-state index < -0.39 is 0 Å². The van der Waals surface area contributed by atoms with Crippen molar-refractivity contribution in [2.45, 2.75) is 40.6 Å². The van der Waals surface area contributed by atoms with E-state index in [0.717, 1.165) is 74.3 Å². The van der Waals surface area contributed by atoms with Gasteiger partial charge in [0.15, 0.2) is 22.4 Å². The fraction of sp³-hybridized carbons (Fsp3) is 0.310. The zero-order valence-electron chi connectivity index (χ0n) is 34.8. The molecule has 2 aromatic carbocycles. The molecule has 1 aliphatic heterocycles. The third-order valence-electron chi connectivity index (χ3n) is 8.78. The highest BCUT2D eigenvalue weighted by Gasteiger charge is 2.22. The SMILES string of the molecule is CCc1cc2n(n1)C(c1ccccc1OC)=NC2.CCc1nn2c(-c3ccccc3OC)nnc2/c1=C\c1ccc(N(C)C)s1.COc1ccc(N(C)C)s1.[2H]C. The number of hydrogen-bond donors (Lipinski definition) is 0. The number of rotatable bonds is 10. The topological polar surface area (TPSA) is 107 Å². The smallest absolute Gasteiger partial charge is 0.189 e. The Morgan fingerprint density at radius 1 is 0.768 bits per heavy atom. The van der Waals surface area contributed by atoms with Gasteiger partial charge in [0.1, 0.15) is 11.5 Å². The third-order valence-corrected chi connectivity index (χ3v) is 11.2. The van der Waals surface area contributed by atoms with E-state index in [2.05, 4.69) is 68.2 Å². The van der Waals surface area contributed by atoms with E-state index in [-0.39, 0.29) is 0 Å². The maximum Gasteiger partial charge on any atom is 0.189 e. The Morgan fingerprint density at radius 2 is 1.41 bits per heavy atom. The molecule has 0 N–H and O–H groups in total. The summed E-state index contributed by atoms with van der Waals surface area (Å²) in [5, 5.41) is 22.6. The summed E-state index contributed by atoms with van der Waals surface area (Å²) in [5.74, 6) is 3.16. The van der Waals surface area contributed by atoms with Crippen molar-refractivity contribution in [1.82, 2.24) is 29.6 Å². The van der Waals surface area contributed by atoms with Crippen LogP contribution in [0.15, 0.2) is 83.9 Å². The summed E-state index contributed by atoms with van der Waals surface area (Å²) >= 11 is 3.39. The molecule has 0 radical (unpaired) electrons. The van der Waals surface area contributed by atoms with Gasteiger partial charge in [-0.1, -0.05) is 56.9 Å². The number of methoxy groups -OCH3 is 3. The van der Waals surface area contributed by atoms with Gasteiger partial charge in [0, 0.05) is 39.7 Å². The van der Waals surface area contributed by atoms with Crippen molar-refractivity contribution >= 4 is 50.2 Å². The normalized spacial score (nSPS) is 11.9. The molecule has 0 bridgehead atoms. The number of anilines is 2. The summed E-state index contributed by atoms with van der Waals surface area (Å²) in [7, 11) is 14.4. The van der Waals surface area contributed by atoms with Gasteiger partial charge >= 0.3 is 0 Å². The van der Waals surface area contributed by atoms with Crippen molar-refractivity contribution in [1.29, 1.82) is 0 Å². The second-order valence-corrected chi connectivity index (χ2v) is 14.9. The molecular formula is C42H51N9O3S2. The highest BCUT2D eigenvalue weighted by molar-refractivity contribution is 7.17. The second kappa shape index (κ2) is 18.7. The third kappa shape index (κ3) is 8.87. The fourth-order valence-electron chi connectivity index (χ4n) is 5.91. The van der Waals surface area contributed by atoms with Crippen LogP contribution in [0.4, 0.5) is 10.0 Å². The largest absolute Gasteiger partial charge is 0.496 e. The summed E-state index contributed by atoms with van der Waals surface area (Å²) < 4.78 is 25.4. The van der Waals surface area contributed by atoms with Crippen LogP contribution in [0.25, 0.3) is 23.1 Å². The maximum absolute atomic E-state index is 5.75. The van der Waals surface area contributed by atoms with E-state index >= 15 is 0 Å². The lowest BCUT2D eigenvalue weighted by atomic mass is 10.2. The summed E-state index contributed by atoms with van der Waals surface area (Å²) in [6, 6.07) is 26.1. The van der Waals surface area contributed by atoms with Crippen LogP contribution in [0, 0.1) is 0 Å². The second-order valence-electron chi connectivity index (χ2n) is 12.8. The molecule has 56 heavy (non-hydrogen) atoms. The van der Waals surface area contributed by atoms with E-state index in [4.69, 9.17) is 20.7 Å². The van der Waals surface area contributed by atoms with Crippen molar-refractivity contribution in [2.75, 3.05) is 59.3 Å². The molecule has 6 heterocycles. The van der Waals surface area contributed by atoms with Crippen molar-refractivity contribution in [2.24, 2.45) is 4.99 Å². The number of para-hydroxylation sites is 2. The summed E-state index contributed by atoms with van der Waals surface area (Å²) in [4.78, 5) is 9.90. The Bertz CT molecular complexity index is 2450. The molecule has 0 spiro atoms. The average Bonchev–Trinajstić information content (AvgIpc) is 4.10. The molecular weight excluding hydrogens is 743 g/mol. The zero-order valence-corrected chi connectivity index (χ0v) is 35.4. The molecule has 0 fully saturated rings. The van der Waals surface area contributed by atoms with Crippen LogP contribution in [0.1, 0.15) is 50.1 Å². The number of thiophene rings is 2. The minimum atomic E-state index is 0.692. The summed E-state index contributed by atoms with van der Waals surface area (Å²) in [6.45, 7) is 4.91. The zero-order chi connectivity index (χ0) is 41.1. The first-order chi connectivity index (χ1) is 27.7. The van der Waals surface area contributed by atoms with E-state index in [1.165, 1.54) is 22.3 Å². The van der Waals surface area contributed by atoms with E-state index in [1.54, 1.807) is 44.0 Å². The summed E-state index contributed by atoms with van der Waals surface area (Å²) in [6.07, 6.45) is 3.92. The minimum Gasteiger partial charge on any atom is -0.496 e. The number of benzene rings is 2. The standard InChI is InChI=1S/C20H21N5OS.C14H15N3O.C7H11NOS.CH4/c1-5-16-15(12-13-10-11-18(27-13)24(2)3)20-22-21-19(25(20)23-16)14-8-6-7-9-17(14)26-4;1-3-10-8-11-9-15-14(17(11)16-10)12-6-4-5-7-13(12)18-2;1-8(2)6-4-5-7(9-3)10-6;/h6-12H,5H2,1-4H3;4-8H,3,9H2,1-2H3;4-5H,1-3H3;1H4/b15-12-;;;/i;;;1D. The number of aliphatic imine (C=N–C) groups is 1. The molecule has 8 rings (SSSR count). The van der Waals surface area contributed by atoms with Gasteiger partial charge in [-0.15, -0.1) is 21.5 Å². The molecule has 0 atom stereocenters. The lowest BCUT2D eigenvalue weighted by Crippen LogP contribution is -2.14. The van der Waals surface area contributed by atoms with Crippen LogP contribution in [0.5, 0.6) is 16.6 Å². The predicted molar refractivity (Wildman–Crippen MR) is 232 cm³/mol. The molecule has 0 amide bonds. The van der Waals surface area contributed by atoms with Gasteiger partial charge in [0.2, 0.25) is 0 Å². The Kier molecular flexibility index (Phi) is 13.4. The molecule has 7 aromatic rings. The number of hydrogen-bond acceptors (Lipinski definition) is 12. The lowest BCUT2D eigenvalue weighted by Gasteiger charge is -2.08. The van der Waals surface area contributed by atoms with Crippen LogP contribution < -0.4 is 29.2 Å². The molecule has 0 saturated heterocycles. The van der Waals surface area contributed by atoms with Gasteiger partial charge in [0.25, 0.3) is 0 Å². The van der Waals surface area contributed by atoms with Crippen LogP contribution in [-0.2, 0) is 19.4 Å². The van der Waals surface area contributed by atoms with E-state index in [9.17, 15) is 0 Å². The molecule has 0 aliphatic carbocycles. The van der Waals surface area contributed by atoms with Crippen molar-refractivity contribution in [3.8, 4) is 28.0 Å². The Hall–Kier alpha value is -5.73. The Labute approximate surface area is 338 Å². The number of ether oxygens (including phenoxy) is 3. The maximum atomic E-state index is 5.75. The first kappa shape index (κ1) is 39.9. The molecule has 0 unspecified atom stereocenters. The molecule has 12 nitrogen and oxygen atoms in total. The van der Waals surface area contributed by atoms with Crippen molar-refractivity contribution < 1.29 is 15.6 Å². The molecule has 0 saturated carbocycles. The minimum absolute atomic E-state index is 0.692. The number of fused-ring (bicyclic) bond motifs is 2. The first-order valence-corrected chi connectivity index (χ1v) is 19.6. The van der Waals surface area contributed by atoms with E-state index in [0.29, 0.717) is 12.4 Å². The molecule has 5 aromatic heterocycles. The van der Waals surface area contributed by atoms with Gasteiger partial charge in [-0.2, -0.15) is 14.7 Å². The molecule has 14 heteroatoms. The van der Waals surface area contributed by atoms with Crippen molar-refractivity contribution in [3.63, 3.8) is 0 Å². The summed E-state index contributed by atoms with van der Waals surface area (Å²) in [5.41, 5.74) is 5.90. The van der Waals surface area contributed by atoms with Crippen LogP contribution >= 0.6 is 22.7 Å². The Morgan fingerprint density at radius 3 is 2.00 bits per heavy atom. The average molecular weight is 795 g/mol. The first-order valence-electron chi connectivity index (χ1n) is 18.9. The Balaban J connectivity index is 0.000000177. The molecule has 294 valence electrons. The van der Waals surface area contributed by atoms with Crippen LogP contribution in [0.3, 0.4) is 0 Å². The number of nitrogens with zero attached hydrogens (tertiary/aromatic N) is 9. The van der Waals surface area contributed by atoms with Gasteiger partial charge < -0.3 is 24.0 Å². The van der Waals surface area contributed by atoms with E-state index in [1.807, 2.05) is 98.1 Å².